The predicted molar refractivity (Wildman–Crippen MR) is 75.4 cm³/mol. The zero-order valence-corrected chi connectivity index (χ0v) is 12.0. The Hall–Kier alpha value is -1.68. The van der Waals surface area contributed by atoms with Crippen LogP contribution in [0.25, 0.3) is 0 Å². The van der Waals surface area contributed by atoms with Gasteiger partial charge in [0.25, 0.3) is 0 Å². The van der Waals surface area contributed by atoms with Crippen molar-refractivity contribution in [1.82, 2.24) is 10.1 Å². The van der Waals surface area contributed by atoms with Crippen molar-refractivity contribution in [3.8, 4) is 0 Å². The summed E-state index contributed by atoms with van der Waals surface area (Å²) in [5, 5.41) is 4.13. The molecule has 2 aromatic rings. The summed E-state index contributed by atoms with van der Waals surface area (Å²) in [5.41, 5.74) is 1.21. The minimum absolute atomic E-state index is 0.0585. The summed E-state index contributed by atoms with van der Waals surface area (Å²) >= 11 is 0. The van der Waals surface area contributed by atoms with E-state index < -0.39 is 0 Å². The molecule has 1 aromatic heterocycles. The third-order valence-electron chi connectivity index (χ3n) is 3.95. The van der Waals surface area contributed by atoms with Crippen molar-refractivity contribution in [2.45, 2.75) is 44.6 Å². The molecule has 1 saturated carbocycles. The predicted octanol–water partition coefficient (Wildman–Crippen LogP) is 3.64. The molecule has 0 bridgehead atoms. The zero-order valence-electron chi connectivity index (χ0n) is 12.0. The van der Waals surface area contributed by atoms with Crippen molar-refractivity contribution in [1.29, 1.82) is 0 Å². The number of aromatic nitrogens is 2. The van der Waals surface area contributed by atoms with Gasteiger partial charge in [0.2, 0.25) is 11.7 Å². The average molecular weight is 272 g/mol. The highest BCUT2D eigenvalue weighted by Gasteiger charge is 2.51. The number of rotatable bonds is 6. The number of benzene rings is 1. The van der Waals surface area contributed by atoms with E-state index in [2.05, 4.69) is 41.3 Å². The van der Waals surface area contributed by atoms with Crippen LogP contribution in [0, 0.1) is 0 Å². The second kappa shape index (κ2) is 5.37. The van der Waals surface area contributed by atoms with Crippen molar-refractivity contribution in [2.24, 2.45) is 0 Å². The van der Waals surface area contributed by atoms with Crippen LogP contribution in [0.4, 0.5) is 0 Å². The first-order valence-corrected chi connectivity index (χ1v) is 7.31. The first-order valence-electron chi connectivity index (χ1n) is 7.31. The number of ether oxygens (including phenoxy) is 1. The maximum atomic E-state index is 5.64. The molecule has 0 saturated heterocycles. The summed E-state index contributed by atoms with van der Waals surface area (Å²) in [4.78, 5) is 4.61. The van der Waals surface area contributed by atoms with Gasteiger partial charge in [-0.05, 0) is 31.7 Å². The minimum atomic E-state index is -0.0657. The first-order chi connectivity index (χ1) is 9.80. The van der Waals surface area contributed by atoms with Gasteiger partial charge >= 0.3 is 0 Å². The van der Waals surface area contributed by atoms with Crippen LogP contribution in [0.2, 0.25) is 0 Å². The Labute approximate surface area is 119 Å². The van der Waals surface area contributed by atoms with Crippen molar-refractivity contribution in [2.75, 3.05) is 6.61 Å². The fourth-order valence-electron chi connectivity index (χ4n) is 2.64. The molecule has 1 heterocycles. The van der Waals surface area contributed by atoms with Gasteiger partial charge in [0, 0.05) is 6.61 Å². The Bertz CT molecular complexity index is 561. The fourth-order valence-corrected chi connectivity index (χ4v) is 2.64. The summed E-state index contributed by atoms with van der Waals surface area (Å²) in [5.74, 6) is 1.41. The highest BCUT2D eigenvalue weighted by molar-refractivity contribution is 5.38. The number of hydrogen-bond acceptors (Lipinski definition) is 4. The van der Waals surface area contributed by atoms with Gasteiger partial charge in [-0.1, -0.05) is 42.4 Å². The van der Waals surface area contributed by atoms with Crippen LogP contribution >= 0.6 is 0 Å². The van der Waals surface area contributed by atoms with Crippen LogP contribution in [0.3, 0.4) is 0 Å². The minimum Gasteiger partial charge on any atom is -0.370 e. The summed E-state index contributed by atoms with van der Waals surface area (Å²) in [6.45, 7) is 4.71. The topological polar surface area (TPSA) is 48.2 Å². The van der Waals surface area contributed by atoms with Crippen molar-refractivity contribution in [3.05, 3.63) is 47.6 Å². The van der Waals surface area contributed by atoms with Gasteiger partial charge in [0.05, 0.1) is 5.41 Å². The molecule has 1 fully saturated rings. The summed E-state index contributed by atoms with van der Waals surface area (Å²) in [6, 6.07) is 10.4. The van der Waals surface area contributed by atoms with E-state index in [4.69, 9.17) is 9.26 Å². The first kappa shape index (κ1) is 13.3. The van der Waals surface area contributed by atoms with Crippen molar-refractivity contribution < 1.29 is 9.26 Å². The van der Waals surface area contributed by atoms with Crippen LogP contribution in [-0.2, 0) is 10.2 Å². The maximum absolute atomic E-state index is 5.64. The Balaban J connectivity index is 1.87. The molecule has 1 aliphatic carbocycles. The highest BCUT2D eigenvalue weighted by atomic mass is 16.5. The Kier molecular flexibility index (Phi) is 3.57. The van der Waals surface area contributed by atoms with Crippen LogP contribution in [-0.4, -0.2) is 16.7 Å². The molecule has 4 nitrogen and oxygen atoms in total. The fraction of sp³-hybridized carbons (Fsp3) is 0.500. The van der Waals surface area contributed by atoms with E-state index in [1.165, 1.54) is 5.56 Å². The number of nitrogens with zero attached hydrogens (tertiary/aromatic N) is 2. The smallest absolute Gasteiger partial charge is 0.237 e. The molecular formula is C16H20N2O2. The quantitative estimate of drug-likeness (QED) is 0.805. The summed E-state index contributed by atoms with van der Waals surface area (Å²) in [7, 11) is 0. The van der Waals surface area contributed by atoms with Crippen molar-refractivity contribution >= 4 is 0 Å². The molecule has 0 aliphatic heterocycles. The van der Waals surface area contributed by atoms with Crippen LogP contribution < -0.4 is 0 Å². The van der Waals surface area contributed by atoms with Gasteiger partial charge in [-0.25, -0.2) is 0 Å². The zero-order chi connectivity index (χ0) is 14.0. The lowest BCUT2D eigenvalue weighted by Gasteiger charge is -2.11. The van der Waals surface area contributed by atoms with E-state index >= 15 is 0 Å². The number of hydrogen-bond donors (Lipinski definition) is 0. The van der Waals surface area contributed by atoms with E-state index in [1.807, 2.05) is 13.0 Å². The lowest BCUT2D eigenvalue weighted by molar-refractivity contribution is 0.0518. The molecule has 0 amide bonds. The third-order valence-corrected chi connectivity index (χ3v) is 3.95. The molecule has 0 unspecified atom stereocenters. The van der Waals surface area contributed by atoms with Gasteiger partial charge in [0.15, 0.2) is 0 Å². The van der Waals surface area contributed by atoms with Crippen LogP contribution in [0.1, 0.15) is 56.5 Å². The second-order valence-electron chi connectivity index (χ2n) is 5.26. The molecule has 1 aromatic carbocycles. The van der Waals surface area contributed by atoms with Crippen LogP contribution in [0.5, 0.6) is 0 Å². The summed E-state index contributed by atoms with van der Waals surface area (Å²) in [6.07, 6.45) is 2.93. The van der Waals surface area contributed by atoms with Gasteiger partial charge in [-0.3, -0.25) is 0 Å². The molecule has 0 spiro atoms. The van der Waals surface area contributed by atoms with E-state index in [1.54, 1.807) is 0 Å². The molecule has 0 radical (unpaired) electrons. The normalized spacial score (nSPS) is 17.9. The molecule has 106 valence electrons. The van der Waals surface area contributed by atoms with E-state index in [0.29, 0.717) is 12.4 Å². The maximum Gasteiger partial charge on any atom is 0.237 e. The van der Waals surface area contributed by atoms with Gasteiger partial charge in [0.1, 0.15) is 6.10 Å². The van der Waals surface area contributed by atoms with Crippen molar-refractivity contribution in [3.63, 3.8) is 0 Å². The molecule has 1 atom stereocenters. The van der Waals surface area contributed by atoms with Gasteiger partial charge in [-0.15, -0.1) is 0 Å². The largest absolute Gasteiger partial charge is 0.370 e. The van der Waals surface area contributed by atoms with E-state index in [-0.39, 0.29) is 11.5 Å². The van der Waals surface area contributed by atoms with Gasteiger partial charge in [-0.2, -0.15) is 4.98 Å². The summed E-state index contributed by atoms with van der Waals surface area (Å²) < 4.78 is 11.2. The lowest BCUT2D eigenvalue weighted by Crippen LogP contribution is -2.10. The standard InChI is InChI=1S/C16H20N2O2/c1-3-13(19-4-2)14-17-15(20-18-14)16(10-11-16)12-8-6-5-7-9-12/h5-9,13H,3-4,10-11H2,1-2H3/t13-/m0/s1. The molecule has 0 N–H and O–H groups in total. The third kappa shape index (κ3) is 2.24. The molecular weight excluding hydrogens is 252 g/mol. The SMILES string of the molecule is CCO[C@@H](CC)c1noc(C2(c3ccccc3)CC2)n1. The highest BCUT2D eigenvalue weighted by Crippen LogP contribution is 2.52. The Morgan fingerprint density at radius 1 is 1.25 bits per heavy atom. The molecule has 20 heavy (non-hydrogen) atoms. The molecule has 1 aliphatic rings. The van der Waals surface area contributed by atoms with E-state index in [9.17, 15) is 0 Å². The molecule has 4 heteroatoms. The van der Waals surface area contributed by atoms with Gasteiger partial charge < -0.3 is 9.26 Å². The van der Waals surface area contributed by atoms with E-state index in [0.717, 1.165) is 25.2 Å². The lowest BCUT2D eigenvalue weighted by atomic mass is 9.96. The second-order valence-corrected chi connectivity index (χ2v) is 5.26. The average Bonchev–Trinajstić information content (AvgIpc) is 3.17. The Morgan fingerprint density at radius 3 is 2.60 bits per heavy atom. The molecule has 3 rings (SSSR count). The Morgan fingerprint density at radius 2 is 2.00 bits per heavy atom. The monoisotopic (exact) mass is 272 g/mol. The van der Waals surface area contributed by atoms with Crippen LogP contribution in [0.15, 0.2) is 34.9 Å².